The number of ether oxygens (including phenoxy) is 1. The van der Waals surface area contributed by atoms with E-state index in [0.717, 1.165) is 44.5 Å². The van der Waals surface area contributed by atoms with Crippen LogP contribution in [0.3, 0.4) is 0 Å². The molecule has 0 unspecified atom stereocenters. The van der Waals surface area contributed by atoms with Crippen LogP contribution in [-0.2, 0) is 6.54 Å². The van der Waals surface area contributed by atoms with Gasteiger partial charge in [-0.1, -0.05) is 0 Å². The third-order valence-corrected chi connectivity index (χ3v) is 6.10. The Morgan fingerprint density at radius 2 is 1.74 bits per heavy atom. The maximum absolute atomic E-state index is 14.9. The Morgan fingerprint density at radius 3 is 2.49 bits per heavy atom. The summed E-state index contributed by atoms with van der Waals surface area (Å²) in [5.74, 6) is -0.626. The Bertz CT molecular complexity index is 1180. The van der Waals surface area contributed by atoms with Gasteiger partial charge < -0.3 is 15.0 Å². The molecule has 5 rings (SSSR count). The van der Waals surface area contributed by atoms with Crippen LogP contribution in [0.1, 0.15) is 19.4 Å². The quantitative estimate of drug-likeness (QED) is 0.550. The average Bonchev–Trinajstić information content (AvgIpc) is 2.86. The maximum atomic E-state index is 14.9. The van der Waals surface area contributed by atoms with Gasteiger partial charge in [0.25, 0.3) is 0 Å². The topological polar surface area (TPSA) is 91.3 Å². The van der Waals surface area contributed by atoms with Gasteiger partial charge >= 0.3 is 0 Å². The van der Waals surface area contributed by atoms with Gasteiger partial charge in [0.15, 0.2) is 17.4 Å². The summed E-state index contributed by atoms with van der Waals surface area (Å²) in [7, 11) is 0. The molecule has 0 spiro atoms. The van der Waals surface area contributed by atoms with Gasteiger partial charge in [0, 0.05) is 62.3 Å². The molecule has 35 heavy (non-hydrogen) atoms. The van der Waals surface area contributed by atoms with Crippen LogP contribution < -0.4 is 20.3 Å². The fraction of sp³-hybridized carbons (Fsp3) is 0.417. The number of halogens is 2. The Hall–Kier alpha value is -3.44. The van der Waals surface area contributed by atoms with Gasteiger partial charge in [-0.15, -0.1) is 0 Å². The lowest BCUT2D eigenvalue weighted by Crippen LogP contribution is -2.42. The van der Waals surface area contributed by atoms with Crippen molar-refractivity contribution in [2.24, 2.45) is 0 Å². The number of nitrogens with one attached hydrogen (secondary N) is 2. The minimum atomic E-state index is -0.657. The van der Waals surface area contributed by atoms with Crippen molar-refractivity contribution in [2.45, 2.75) is 26.4 Å². The van der Waals surface area contributed by atoms with Gasteiger partial charge in [-0.05, 0) is 26.0 Å². The Labute approximate surface area is 202 Å². The van der Waals surface area contributed by atoms with Crippen molar-refractivity contribution in [2.75, 3.05) is 49.5 Å². The fourth-order valence-electron chi connectivity index (χ4n) is 4.33. The molecule has 11 heteroatoms. The van der Waals surface area contributed by atoms with Crippen molar-refractivity contribution in [3.8, 4) is 17.0 Å². The summed E-state index contributed by atoms with van der Waals surface area (Å²) in [6.07, 6.45) is 4.56. The molecule has 0 radical (unpaired) electrons. The van der Waals surface area contributed by atoms with Crippen molar-refractivity contribution in [1.29, 1.82) is 0 Å². The molecule has 184 valence electrons. The molecule has 2 aliphatic rings. The molecule has 4 heterocycles. The second-order valence-electron chi connectivity index (χ2n) is 8.90. The number of fused-ring (bicyclic) bond motifs is 1. The van der Waals surface area contributed by atoms with E-state index in [2.05, 4.69) is 35.5 Å². The van der Waals surface area contributed by atoms with Gasteiger partial charge in [0.2, 0.25) is 11.9 Å². The number of aromatic nitrogens is 4. The van der Waals surface area contributed by atoms with Crippen LogP contribution in [0.15, 0.2) is 30.7 Å². The van der Waals surface area contributed by atoms with E-state index in [4.69, 9.17) is 4.74 Å². The highest BCUT2D eigenvalue weighted by molar-refractivity contribution is 5.73. The predicted octanol–water partition coefficient (Wildman–Crippen LogP) is 2.97. The molecule has 0 atom stereocenters. The van der Waals surface area contributed by atoms with Gasteiger partial charge in [0.05, 0.1) is 18.4 Å². The van der Waals surface area contributed by atoms with E-state index in [1.54, 1.807) is 18.5 Å². The molecule has 2 N–H and O–H groups in total. The molecule has 0 amide bonds. The summed E-state index contributed by atoms with van der Waals surface area (Å²) in [6.45, 7) is 9.74. The molecule has 1 saturated heterocycles. The normalized spacial score (nSPS) is 16.2. The van der Waals surface area contributed by atoms with E-state index in [1.807, 2.05) is 18.7 Å². The predicted molar refractivity (Wildman–Crippen MR) is 129 cm³/mol. The summed E-state index contributed by atoms with van der Waals surface area (Å²) in [4.78, 5) is 21.4. The standard InChI is InChI=1S/C24H28F2N8O/c1-15(2)34-7-8-35-22-18(25)9-17(10-20(22)34)21-19(26)13-30-24(31-21)32-23-28-11-16(12-29-23)14-33-5-3-27-4-6-33/h9-13,15,27H,3-8,14H2,1-2H3,(H,28,29,30,31,32). The highest BCUT2D eigenvalue weighted by Gasteiger charge is 2.25. The van der Waals surface area contributed by atoms with Crippen molar-refractivity contribution in [3.63, 3.8) is 0 Å². The van der Waals surface area contributed by atoms with Crippen LogP contribution in [0, 0.1) is 11.6 Å². The first kappa shape index (κ1) is 23.3. The minimum absolute atomic E-state index is 0.0196. The van der Waals surface area contributed by atoms with Crippen molar-refractivity contribution < 1.29 is 13.5 Å². The van der Waals surface area contributed by atoms with E-state index in [-0.39, 0.29) is 23.4 Å². The van der Waals surface area contributed by atoms with Crippen LogP contribution in [0.4, 0.5) is 26.4 Å². The lowest BCUT2D eigenvalue weighted by Gasteiger charge is -2.34. The van der Waals surface area contributed by atoms with Gasteiger partial charge in [-0.25, -0.2) is 28.7 Å². The monoisotopic (exact) mass is 482 g/mol. The largest absolute Gasteiger partial charge is 0.486 e. The molecule has 1 fully saturated rings. The number of piperazine rings is 1. The first-order valence-corrected chi connectivity index (χ1v) is 11.7. The zero-order chi connectivity index (χ0) is 24.4. The highest BCUT2D eigenvalue weighted by atomic mass is 19.1. The zero-order valence-corrected chi connectivity index (χ0v) is 19.8. The first-order valence-electron chi connectivity index (χ1n) is 11.7. The maximum Gasteiger partial charge on any atom is 0.230 e. The second kappa shape index (κ2) is 10.0. The molecule has 2 aliphatic heterocycles. The van der Waals surface area contributed by atoms with E-state index in [0.29, 0.717) is 30.4 Å². The van der Waals surface area contributed by atoms with Crippen molar-refractivity contribution in [1.82, 2.24) is 30.2 Å². The summed E-state index contributed by atoms with van der Waals surface area (Å²) in [6, 6.07) is 3.07. The van der Waals surface area contributed by atoms with Crippen LogP contribution in [0.5, 0.6) is 5.75 Å². The van der Waals surface area contributed by atoms with Crippen LogP contribution in [0.25, 0.3) is 11.3 Å². The first-order chi connectivity index (χ1) is 17.0. The Morgan fingerprint density at radius 1 is 1.00 bits per heavy atom. The molecule has 9 nitrogen and oxygen atoms in total. The van der Waals surface area contributed by atoms with E-state index in [9.17, 15) is 8.78 Å². The number of rotatable bonds is 6. The highest BCUT2D eigenvalue weighted by Crippen LogP contribution is 2.39. The number of anilines is 3. The molecule has 0 aliphatic carbocycles. The molecular formula is C24H28F2N8O. The third kappa shape index (κ3) is 5.15. The number of hydrogen-bond donors (Lipinski definition) is 2. The number of hydrogen-bond acceptors (Lipinski definition) is 9. The van der Waals surface area contributed by atoms with Gasteiger partial charge in [-0.2, -0.15) is 0 Å². The van der Waals surface area contributed by atoms with Crippen LogP contribution >= 0.6 is 0 Å². The van der Waals surface area contributed by atoms with Crippen LogP contribution in [-0.4, -0.2) is 70.2 Å². The number of nitrogens with zero attached hydrogens (tertiary/aromatic N) is 6. The molecule has 0 saturated carbocycles. The molecule has 0 bridgehead atoms. The lowest BCUT2D eigenvalue weighted by molar-refractivity contribution is 0.233. The smallest absolute Gasteiger partial charge is 0.230 e. The molecule has 1 aromatic carbocycles. The SMILES string of the molecule is CC(C)N1CCOc2c(F)cc(-c3nc(Nc4ncc(CN5CCNCC5)cn4)ncc3F)cc21. The Balaban J connectivity index is 1.37. The average molecular weight is 483 g/mol. The van der Waals surface area contributed by atoms with Crippen molar-refractivity contribution >= 4 is 17.6 Å². The second-order valence-corrected chi connectivity index (χ2v) is 8.90. The summed E-state index contributed by atoms with van der Waals surface area (Å²) in [5.41, 5.74) is 1.86. The Kier molecular flexibility index (Phi) is 6.69. The van der Waals surface area contributed by atoms with E-state index >= 15 is 0 Å². The van der Waals surface area contributed by atoms with Crippen LogP contribution in [0.2, 0.25) is 0 Å². The zero-order valence-electron chi connectivity index (χ0n) is 19.8. The molecule has 2 aromatic heterocycles. The summed E-state index contributed by atoms with van der Waals surface area (Å²) < 4.78 is 35.1. The van der Waals surface area contributed by atoms with Gasteiger partial charge in [0.1, 0.15) is 12.3 Å². The molecular weight excluding hydrogens is 454 g/mol. The van der Waals surface area contributed by atoms with E-state index < -0.39 is 11.6 Å². The lowest BCUT2D eigenvalue weighted by atomic mass is 10.1. The summed E-state index contributed by atoms with van der Waals surface area (Å²) in [5, 5.41) is 6.24. The summed E-state index contributed by atoms with van der Waals surface area (Å²) >= 11 is 0. The van der Waals surface area contributed by atoms with E-state index in [1.165, 1.54) is 6.07 Å². The minimum Gasteiger partial charge on any atom is -0.486 e. The third-order valence-electron chi connectivity index (χ3n) is 6.10. The molecule has 3 aromatic rings. The van der Waals surface area contributed by atoms with Gasteiger partial charge in [-0.3, -0.25) is 10.2 Å². The fourth-order valence-corrected chi connectivity index (χ4v) is 4.33. The van der Waals surface area contributed by atoms with Crippen molar-refractivity contribution in [3.05, 3.63) is 47.9 Å². The number of benzene rings is 1.